The number of benzene rings is 2. The summed E-state index contributed by atoms with van der Waals surface area (Å²) in [7, 11) is 0. The number of anilines is 1. The molecule has 1 heterocycles. The van der Waals surface area contributed by atoms with Gasteiger partial charge in [-0.1, -0.05) is 34.1 Å². The van der Waals surface area contributed by atoms with Gasteiger partial charge in [-0.25, -0.2) is 13.6 Å². The van der Waals surface area contributed by atoms with Crippen molar-refractivity contribution in [3.05, 3.63) is 75.1 Å². The van der Waals surface area contributed by atoms with Gasteiger partial charge in [0.15, 0.2) is 11.6 Å². The minimum atomic E-state index is -1.14. The van der Waals surface area contributed by atoms with E-state index in [0.717, 1.165) is 22.2 Å². The molecule has 0 aliphatic heterocycles. The number of nitrogens with one attached hydrogen (secondary N) is 1. The van der Waals surface area contributed by atoms with E-state index in [1.54, 1.807) is 29.6 Å². The van der Waals surface area contributed by atoms with Crippen LogP contribution in [0.3, 0.4) is 0 Å². The molecule has 2 aromatic carbocycles. The number of thiophene rings is 1. The topological polar surface area (TPSA) is 66.4 Å². The van der Waals surface area contributed by atoms with Gasteiger partial charge in [0, 0.05) is 16.3 Å². The zero-order valence-corrected chi connectivity index (χ0v) is 16.7. The van der Waals surface area contributed by atoms with E-state index in [0.29, 0.717) is 10.4 Å². The molecule has 28 heavy (non-hydrogen) atoms. The summed E-state index contributed by atoms with van der Waals surface area (Å²) in [4.78, 5) is 24.5. The summed E-state index contributed by atoms with van der Waals surface area (Å²) in [6, 6.07) is 10.6. The Kier molecular flexibility index (Phi) is 6.21. The van der Waals surface area contributed by atoms with E-state index in [-0.39, 0.29) is 24.1 Å². The maximum absolute atomic E-state index is 13.2. The summed E-state index contributed by atoms with van der Waals surface area (Å²) in [6.45, 7) is 0. The second-order valence-corrected chi connectivity index (χ2v) is 7.76. The van der Waals surface area contributed by atoms with E-state index in [4.69, 9.17) is 0 Å². The Hall–Kier alpha value is -2.58. The molecule has 0 aliphatic rings. The van der Waals surface area contributed by atoms with Gasteiger partial charge in [0.05, 0.1) is 10.6 Å². The zero-order valence-electron chi connectivity index (χ0n) is 14.3. The van der Waals surface area contributed by atoms with Crippen molar-refractivity contribution in [2.45, 2.75) is 12.8 Å². The largest absolute Gasteiger partial charge is 0.478 e. The Morgan fingerprint density at radius 1 is 1.07 bits per heavy atom. The molecule has 0 saturated heterocycles. The standard InChI is InChI=1S/C20H14BrF2NO3S/c21-13-5-3-12(4-6-13)19-18(20(26)27)16(10-28-19)24-17(25)8-2-11-1-7-14(22)15(23)9-11/h1,3-7,9-10H,2,8H2,(H,24,25)(H,26,27). The average Bonchev–Trinajstić information content (AvgIpc) is 3.07. The van der Waals surface area contributed by atoms with Crippen LogP contribution in [0.5, 0.6) is 0 Å². The molecule has 0 radical (unpaired) electrons. The van der Waals surface area contributed by atoms with Crippen LogP contribution in [-0.4, -0.2) is 17.0 Å². The molecule has 144 valence electrons. The molecular formula is C20H14BrF2NO3S. The van der Waals surface area contributed by atoms with E-state index in [1.807, 2.05) is 0 Å². The third kappa shape index (κ3) is 4.63. The first-order valence-electron chi connectivity index (χ1n) is 8.19. The first-order valence-corrected chi connectivity index (χ1v) is 9.87. The Bertz CT molecular complexity index is 1030. The van der Waals surface area contributed by atoms with Gasteiger partial charge >= 0.3 is 5.97 Å². The van der Waals surface area contributed by atoms with E-state index in [2.05, 4.69) is 21.2 Å². The first kappa shape index (κ1) is 20.2. The Morgan fingerprint density at radius 2 is 1.79 bits per heavy atom. The van der Waals surface area contributed by atoms with Crippen molar-refractivity contribution in [1.29, 1.82) is 0 Å². The van der Waals surface area contributed by atoms with E-state index >= 15 is 0 Å². The van der Waals surface area contributed by atoms with Crippen LogP contribution in [0, 0.1) is 11.6 Å². The fraction of sp³-hybridized carbons (Fsp3) is 0.100. The number of carbonyl (C=O) groups excluding carboxylic acids is 1. The van der Waals surface area contributed by atoms with Gasteiger partial charge in [-0.05, 0) is 41.8 Å². The van der Waals surface area contributed by atoms with Gasteiger partial charge in [0.25, 0.3) is 0 Å². The number of amides is 1. The van der Waals surface area contributed by atoms with Crippen LogP contribution in [0.25, 0.3) is 10.4 Å². The second-order valence-electron chi connectivity index (χ2n) is 5.96. The summed E-state index contributed by atoms with van der Waals surface area (Å²) < 4.78 is 27.1. The number of aromatic carboxylic acids is 1. The molecule has 1 aromatic heterocycles. The van der Waals surface area contributed by atoms with Gasteiger partial charge < -0.3 is 10.4 Å². The third-order valence-corrected chi connectivity index (χ3v) is 5.57. The number of hydrogen-bond donors (Lipinski definition) is 2. The van der Waals surface area contributed by atoms with Crippen LogP contribution >= 0.6 is 27.3 Å². The van der Waals surface area contributed by atoms with E-state index < -0.39 is 23.5 Å². The van der Waals surface area contributed by atoms with Crippen LogP contribution in [-0.2, 0) is 11.2 Å². The highest BCUT2D eigenvalue weighted by atomic mass is 79.9. The van der Waals surface area contributed by atoms with Crippen LogP contribution in [0.1, 0.15) is 22.3 Å². The maximum atomic E-state index is 13.2. The van der Waals surface area contributed by atoms with Gasteiger partial charge in [-0.15, -0.1) is 11.3 Å². The third-order valence-electron chi connectivity index (χ3n) is 4.01. The quantitative estimate of drug-likeness (QED) is 0.488. The predicted octanol–water partition coefficient (Wildman–Crippen LogP) is 5.73. The lowest BCUT2D eigenvalue weighted by Crippen LogP contribution is -2.14. The van der Waals surface area contributed by atoms with Gasteiger partial charge in [0.2, 0.25) is 5.91 Å². The smallest absolute Gasteiger partial charge is 0.339 e. The van der Waals surface area contributed by atoms with E-state index in [9.17, 15) is 23.5 Å². The molecule has 0 unspecified atom stereocenters. The SMILES string of the molecule is O=C(CCc1ccc(F)c(F)c1)Nc1csc(-c2ccc(Br)cc2)c1C(=O)O. The number of carboxylic acids is 1. The average molecular weight is 466 g/mol. The molecule has 0 bridgehead atoms. The van der Waals surface area contributed by atoms with E-state index in [1.165, 1.54) is 17.4 Å². The zero-order chi connectivity index (χ0) is 20.3. The maximum Gasteiger partial charge on any atom is 0.339 e. The highest BCUT2D eigenvalue weighted by Crippen LogP contribution is 2.36. The van der Waals surface area contributed by atoms with Gasteiger partial charge in [-0.2, -0.15) is 0 Å². The molecule has 8 heteroatoms. The minimum Gasteiger partial charge on any atom is -0.478 e. The molecule has 0 saturated carbocycles. The number of hydrogen-bond acceptors (Lipinski definition) is 3. The molecule has 0 spiro atoms. The monoisotopic (exact) mass is 465 g/mol. The number of carboxylic acid groups (broad SMARTS) is 1. The fourth-order valence-corrected chi connectivity index (χ4v) is 3.91. The fourth-order valence-electron chi connectivity index (χ4n) is 2.64. The molecule has 3 rings (SSSR count). The lowest BCUT2D eigenvalue weighted by Gasteiger charge is -2.07. The molecule has 0 aliphatic carbocycles. The Labute approximate surface area is 172 Å². The van der Waals surface area contributed by atoms with Crippen LogP contribution in [0.4, 0.5) is 14.5 Å². The van der Waals surface area contributed by atoms with Crippen molar-refractivity contribution >= 4 is 44.8 Å². The molecule has 1 amide bonds. The number of carbonyl (C=O) groups is 2. The molecule has 4 nitrogen and oxygen atoms in total. The van der Waals surface area contributed by atoms with Crippen molar-refractivity contribution < 1.29 is 23.5 Å². The summed E-state index contributed by atoms with van der Waals surface area (Å²) >= 11 is 4.56. The summed E-state index contributed by atoms with van der Waals surface area (Å²) in [5, 5.41) is 13.8. The Morgan fingerprint density at radius 3 is 2.43 bits per heavy atom. The molecular weight excluding hydrogens is 452 g/mol. The van der Waals surface area contributed by atoms with Crippen molar-refractivity contribution in [2.75, 3.05) is 5.32 Å². The molecule has 3 aromatic rings. The van der Waals surface area contributed by atoms with Gasteiger partial charge in [0.1, 0.15) is 5.56 Å². The predicted molar refractivity (Wildman–Crippen MR) is 108 cm³/mol. The van der Waals surface area contributed by atoms with Crippen molar-refractivity contribution in [2.24, 2.45) is 0 Å². The van der Waals surface area contributed by atoms with Crippen molar-refractivity contribution in [1.82, 2.24) is 0 Å². The molecule has 0 fully saturated rings. The number of rotatable bonds is 6. The Balaban J connectivity index is 1.74. The summed E-state index contributed by atoms with van der Waals surface area (Å²) in [5.74, 6) is -3.47. The first-order chi connectivity index (χ1) is 13.3. The van der Waals surface area contributed by atoms with Gasteiger partial charge in [-0.3, -0.25) is 4.79 Å². The highest BCUT2D eigenvalue weighted by molar-refractivity contribution is 9.10. The normalized spacial score (nSPS) is 10.7. The molecule has 2 N–H and O–H groups in total. The highest BCUT2D eigenvalue weighted by Gasteiger charge is 2.21. The van der Waals surface area contributed by atoms with Crippen molar-refractivity contribution in [3.8, 4) is 10.4 Å². The van der Waals surface area contributed by atoms with Crippen LogP contribution in [0.2, 0.25) is 0 Å². The number of halogens is 3. The van der Waals surface area contributed by atoms with Crippen LogP contribution < -0.4 is 5.32 Å². The summed E-state index contributed by atoms with van der Waals surface area (Å²) in [6.07, 6.45) is 0.211. The molecule has 0 atom stereocenters. The number of aryl methyl sites for hydroxylation is 1. The minimum absolute atomic E-state index is 0.00753. The van der Waals surface area contributed by atoms with Crippen LogP contribution in [0.15, 0.2) is 52.3 Å². The summed E-state index contributed by atoms with van der Waals surface area (Å²) in [5.41, 5.74) is 1.44. The second kappa shape index (κ2) is 8.62. The lowest BCUT2D eigenvalue weighted by molar-refractivity contribution is -0.116. The van der Waals surface area contributed by atoms with Crippen molar-refractivity contribution in [3.63, 3.8) is 0 Å². The lowest BCUT2D eigenvalue weighted by atomic mass is 10.1.